The zero-order valence-electron chi connectivity index (χ0n) is 13.3. The van der Waals surface area contributed by atoms with Gasteiger partial charge < -0.3 is 9.47 Å². The minimum Gasteiger partial charge on any atom is -0.366 e. The molecule has 0 N–H and O–H groups in total. The molecule has 0 saturated carbocycles. The van der Waals surface area contributed by atoms with Crippen LogP contribution in [-0.2, 0) is 9.47 Å². The molecule has 0 bridgehead atoms. The smallest absolute Gasteiger partial charge is 0.112 e. The number of hydrogen-bond donors (Lipinski definition) is 0. The van der Waals surface area contributed by atoms with Gasteiger partial charge in [0, 0.05) is 5.56 Å². The fraction of sp³-hybridized carbons (Fsp3) is 0.182. The van der Waals surface area contributed by atoms with Crippen LogP contribution in [0, 0.1) is 11.8 Å². The summed E-state index contributed by atoms with van der Waals surface area (Å²) in [6.07, 6.45) is 0.337. The molecule has 1 aliphatic heterocycles. The normalized spacial score (nSPS) is 18.8. The highest BCUT2D eigenvalue weighted by molar-refractivity contribution is 5.88. The van der Waals surface area contributed by atoms with Gasteiger partial charge in [-0.05, 0) is 22.4 Å². The van der Waals surface area contributed by atoms with Crippen molar-refractivity contribution in [2.45, 2.75) is 12.2 Å². The second-order valence-corrected chi connectivity index (χ2v) is 5.85. The second-order valence-electron chi connectivity index (χ2n) is 5.85. The van der Waals surface area contributed by atoms with Crippen LogP contribution in [0.2, 0.25) is 0 Å². The first-order chi connectivity index (χ1) is 11.9. The van der Waals surface area contributed by atoms with E-state index in [4.69, 9.17) is 9.47 Å². The molecule has 2 heteroatoms. The summed E-state index contributed by atoms with van der Waals surface area (Å²) in [4.78, 5) is 0. The molecule has 2 atom stereocenters. The maximum absolute atomic E-state index is 5.65. The van der Waals surface area contributed by atoms with Crippen molar-refractivity contribution in [2.24, 2.45) is 0 Å². The third-order valence-corrected chi connectivity index (χ3v) is 4.18. The number of hydrogen-bond acceptors (Lipinski definition) is 2. The van der Waals surface area contributed by atoms with Crippen LogP contribution < -0.4 is 0 Å². The van der Waals surface area contributed by atoms with Gasteiger partial charge in [0.25, 0.3) is 0 Å². The van der Waals surface area contributed by atoms with E-state index in [-0.39, 0.29) is 12.2 Å². The lowest BCUT2D eigenvalue weighted by Crippen LogP contribution is -2.02. The number of rotatable bonds is 4. The van der Waals surface area contributed by atoms with Crippen molar-refractivity contribution in [2.75, 3.05) is 13.2 Å². The van der Waals surface area contributed by atoms with E-state index in [1.807, 2.05) is 42.5 Å². The van der Waals surface area contributed by atoms with E-state index < -0.39 is 0 Å². The third-order valence-electron chi connectivity index (χ3n) is 4.18. The highest BCUT2D eigenvalue weighted by Gasteiger charge is 2.39. The number of fused-ring (bicyclic) bond motifs is 1. The number of epoxide rings is 1. The Labute approximate surface area is 142 Å². The van der Waals surface area contributed by atoms with Crippen LogP contribution in [-0.4, -0.2) is 19.3 Å². The van der Waals surface area contributed by atoms with E-state index in [1.165, 1.54) is 16.3 Å². The van der Waals surface area contributed by atoms with E-state index in [2.05, 4.69) is 42.2 Å². The summed E-state index contributed by atoms with van der Waals surface area (Å²) in [5, 5.41) is 2.39. The lowest BCUT2D eigenvalue weighted by molar-refractivity contribution is 0.145. The predicted molar refractivity (Wildman–Crippen MR) is 95.7 cm³/mol. The summed E-state index contributed by atoms with van der Waals surface area (Å²) in [7, 11) is 0. The Hall–Kier alpha value is -2.60. The summed E-state index contributed by atoms with van der Waals surface area (Å²) >= 11 is 0. The van der Waals surface area contributed by atoms with E-state index in [0.29, 0.717) is 13.2 Å². The Bertz CT molecular complexity index is 884. The molecule has 0 aliphatic carbocycles. The molecule has 4 rings (SSSR count). The van der Waals surface area contributed by atoms with Gasteiger partial charge in [-0.1, -0.05) is 78.6 Å². The van der Waals surface area contributed by atoms with Crippen LogP contribution >= 0.6 is 0 Å². The van der Waals surface area contributed by atoms with Gasteiger partial charge in [-0.3, -0.25) is 0 Å². The Morgan fingerprint density at radius 2 is 1.67 bits per heavy atom. The summed E-state index contributed by atoms with van der Waals surface area (Å²) in [5.41, 5.74) is 2.26. The number of benzene rings is 3. The molecule has 24 heavy (non-hydrogen) atoms. The quantitative estimate of drug-likeness (QED) is 0.406. The van der Waals surface area contributed by atoms with Gasteiger partial charge in [0.1, 0.15) is 18.8 Å². The minimum atomic E-state index is 0.159. The molecule has 2 nitrogen and oxygen atoms in total. The fourth-order valence-electron chi connectivity index (χ4n) is 2.90. The molecular weight excluding hydrogens is 296 g/mol. The van der Waals surface area contributed by atoms with Crippen LogP contribution in [0.25, 0.3) is 10.8 Å². The van der Waals surface area contributed by atoms with Crippen molar-refractivity contribution >= 4 is 10.8 Å². The first-order valence-electron chi connectivity index (χ1n) is 8.16. The molecule has 1 fully saturated rings. The maximum atomic E-state index is 5.65. The molecular formula is C22H18O2. The average Bonchev–Trinajstić information content (AvgIpc) is 3.42. The highest BCUT2D eigenvalue weighted by atomic mass is 16.6. The molecule has 0 amide bonds. The van der Waals surface area contributed by atoms with Crippen LogP contribution in [0.4, 0.5) is 0 Å². The van der Waals surface area contributed by atoms with E-state index in [1.54, 1.807) is 0 Å². The number of ether oxygens (including phenoxy) is 2. The lowest BCUT2D eigenvalue weighted by Gasteiger charge is -1.99. The maximum Gasteiger partial charge on any atom is 0.112 e. The van der Waals surface area contributed by atoms with Gasteiger partial charge in [0.2, 0.25) is 0 Å². The van der Waals surface area contributed by atoms with Crippen molar-refractivity contribution in [3.63, 3.8) is 0 Å². The standard InChI is InChI=1S/C22H18O2/c1-2-9-19(10-3-1)22-21(24-22)16-23-15-7-13-18-12-6-11-17-8-4-5-14-20(17)18/h1-6,8-12,14,21-22H,15-16H2/t21-,22-/m1/s1. The third kappa shape index (κ3) is 3.33. The van der Waals surface area contributed by atoms with Crippen molar-refractivity contribution in [1.82, 2.24) is 0 Å². The Morgan fingerprint density at radius 1 is 0.875 bits per heavy atom. The molecule has 1 aliphatic rings. The molecule has 3 aromatic carbocycles. The van der Waals surface area contributed by atoms with Gasteiger partial charge >= 0.3 is 0 Å². The van der Waals surface area contributed by atoms with Crippen LogP contribution in [0.3, 0.4) is 0 Å². The van der Waals surface area contributed by atoms with Crippen molar-refractivity contribution < 1.29 is 9.47 Å². The first kappa shape index (κ1) is 15.0. The molecule has 0 spiro atoms. The zero-order chi connectivity index (χ0) is 16.2. The van der Waals surface area contributed by atoms with E-state index >= 15 is 0 Å². The van der Waals surface area contributed by atoms with Crippen molar-refractivity contribution in [1.29, 1.82) is 0 Å². The molecule has 0 radical (unpaired) electrons. The fourth-order valence-corrected chi connectivity index (χ4v) is 2.90. The topological polar surface area (TPSA) is 21.8 Å². The van der Waals surface area contributed by atoms with Gasteiger partial charge in [0.15, 0.2) is 0 Å². The van der Waals surface area contributed by atoms with E-state index in [9.17, 15) is 0 Å². The van der Waals surface area contributed by atoms with Crippen molar-refractivity contribution in [3.05, 3.63) is 83.9 Å². The molecule has 0 unspecified atom stereocenters. The van der Waals surface area contributed by atoms with Crippen molar-refractivity contribution in [3.8, 4) is 11.8 Å². The molecule has 3 aromatic rings. The summed E-state index contributed by atoms with van der Waals surface area (Å²) in [6, 6.07) is 24.7. The minimum absolute atomic E-state index is 0.159. The van der Waals surface area contributed by atoms with Crippen LogP contribution in [0.15, 0.2) is 72.8 Å². The zero-order valence-corrected chi connectivity index (χ0v) is 13.3. The molecule has 118 valence electrons. The largest absolute Gasteiger partial charge is 0.366 e. The summed E-state index contributed by atoms with van der Waals surface area (Å²) in [6.45, 7) is 1.01. The second kappa shape index (κ2) is 6.88. The monoisotopic (exact) mass is 314 g/mol. The summed E-state index contributed by atoms with van der Waals surface area (Å²) in [5.74, 6) is 6.31. The Balaban J connectivity index is 1.30. The summed E-state index contributed by atoms with van der Waals surface area (Å²) < 4.78 is 11.3. The first-order valence-corrected chi connectivity index (χ1v) is 8.16. The van der Waals surface area contributed by atoms with Gasteiger partial charge in [-0.2, -0.15) is 0 Å². The molecule has 1 heterocycles. The van der Waals surface area contributed by atoms with E-state index in [0.717, 1.165) is 5.56 Å². The average molecular weight is 314 g/mol. The molecule has 1 saturated heterocycles. The van der Waals surface area contributed by atoms with Crippen LogP contribution in [0.1, 0.15) is 17.2 Å². The van der Waals surface area contributed by atoms with Crippen LogP contribution in [0.5, 0.6) is 0 Å². The SMILES string of the molecule is C(#Cc1cccc2ccccc12)COC[C@H]1O[C@@H]1c1ccccc1. The Morgan fingerprint density at radius 3 is 2.58 bits per heavy atom. The van der Waals surface area contributed by atoms with Gasteiger partial charge in [-0.25, -0.2) is 0 Å². The Kier molecular flexibility index (Phi) is 4.29. The molecule has 0 aromatic heterocycles. The highest BCUT2D eigenvalue weighted by Crippen LogP contribution is 2.38. The predicted octanol–water partition coefficient (Wildman–Crippen LogP) is 4.35. The van der Waals surface area contributed by atoms with Gasteiger partial charge in [-0.15, -0.1) is 0 Å². The lowest BCUT2D eigenvalue weighted by atomic mass is 10.1. The van der Waals surface area contributed by atoms with Gasteiger partial charge in [0.05, 0.1) is 6.61 Å².